The smallest absolute Gasteiger partial charge is 0.183 e. The van der Waals surface area contributed by atoms with Crippen LogP contribution >= 0.6 is 0 Å². The molecular weight excluding hydrogens is 156 g/mol. The van der Waals surface area contributed by atoms with E-state index in [9.17, 15) is 4.79 Å². The van der Waals surface area contributed by atoms with Crippen LogP contribution < -0.4 is 0 Å². The summed E-state index contributed by atoms with van der Waals surface area (Å²) in [6.07, 6.45) is 3.63. The molecule has 0 spiro atoms. The van der Waals surface area contributed by atoms with Crippen molar-refractivity contribution in [2.45, 2.75) is 38.9 Å². The topological polar surface area (TPSA) is 26.3 Å². The molecule has 0 amide bonds. The van der Waals surface area contributed by atoms with Crippen LogP contribution in [0.5, 0.6) is 0 Å². The highest BCUT2D eigenvalue weighted by Gasteiger charge is 2.12. The van der Waals surface area contributed by atoms with Gasteiger partial charge >= 0.3 is 0 Å². The average molecular weight is 174 g/mol. The minimum absolute atomic E-state index is 0.676. The summed E-state index contributed by atoms with van der Waals surface area (Å²) in [4.78, 5) is 9.93. The van der Waals surface area contributed by atoms with Crippen LogP contribution in [0.25, 0.3) is 0 Å². The van der Waals surface area contributed by atoms with Gasteiger partial charge in [0.25, 0.3) is 0 Å². The molecule has 0 rings (SSSR count). The van der Waals surface area contributed by atoms with Crippen molar-refractivity contribution in [1.29, 1.82) is 0 Å². The predicted molar refractivity (Wildman–Crippen MR) is 49.2 cm³/mol. The Bertz CT molecular complexity index is 107. The van der Waals surface area contributed by atoms with Crippen LogP contribution in [0.3, 0.4) is 0 Å². The zero-order valence-electron chi connectivity index (χ0n) is 7.72. The van der Waals surface area contributed by atoms with Gasteiger partial charge in [-0.3, -0.25) is 0 Å². The van der Waals surface area contributed by atoms with Gasteiger partial charge in [0.2, 0.25) is 0 Å². The van der Waals surface area contributed by atoms with E-state index in [4.69, 9.17) is 4.43 Å². The van der Waals surface area contributed by atoms with Crippen LogP contribution in [-0.4, -0.2) is 21.2 Å². The molecule has 0 aromatic rings. The zero-order chi connectivity index (χ0) is 8.74. The first-order valence-corrected chi connectivity index (χ1v) is 7.54. The summed E-state index contributed by atoms with van der Waals surface area (Å²) < 4.78 is 5.60. The zero-order valence-corrected chi connectivity index (χ0v) is 8.72. The molecule has 0 aromatic heterocycles. The van der Waals surface area contributed by atoms with Crippen molar-refractivity contribution >= 4 is 14.6 Å². The van der Waals surface area contributed by atoms with E-state index in [-0.39, 0.29) is 0 Å². The Balaban J connectivity index is 3.08. The third kappa shape index (κ3) is 9.85. The molecule has 0 saturated carbocycles. The molecule has 11 heavy (non-hydrogen) atoms. The first kappa shape index (κ1) is 10.8. The Kier molecular flexibility index (Phi) is 5.41. The second-order valence-corrected chi connectivity index (χ2v) is 8.14. The summed E-state index contributed by atoms with van der Waals surface area (Å²) in [5, 5.41) is 0. The fraction of sp³-hybridized carbons (Fsp3) is 0.875. The van der Waals surface area contributed by atoms with E-state index < -0.39 is 8.32 Å². The Hall–Kier alpha value is -0.153. The van der Waals surface area contributed by atoms with Gasteiger partial charge in [-0.2, -0.15) is 0 Å². The molecule has 0 saturated heterocycles. The summed E-state index contributed by atoms with van der Waals surface area (Å²) in [7, 11) is -1.31. The molecular formula is C8H18O2Si. The van der Waals surface area contributed by atoms with Gasteiger partial charge in [0.1, 0.15) is 6.29 Å². The lowest BCUT2D eigenvalue weighted by molar-refractivity contribution is -0.107. The summed E-state index contributed by atoms with van der Waals surface area (Å²) in [6, 6.07) is 0. The maximum atomic E-state index is 9.93. The fourth-order valence-corrected chi connectivity index (χ4v) is 1.46. The van der Waals surface area contributed by atoms with Crippen LogP contribution in [0.4, 0.5) is 0 Å². The minimum Gasteiger partial charge on any atom is -0.418 e. The number of hydrogen-bond acceptors (Lipinski definition) is 2. The first-order chi connectivity index (χ1) is 5.06. The normalized spacial score (nSPS) is 11.5. The van der Waals surface area contributed by atoms with Crippen molar-refractivity contribution in [2.75, 3.05) is 6.61 Å². The molecule has 0 fully saturated rings. The third-order valence-corrected chi connectivity index (χ3v) is 2.32. The van der Waals surface area contributed by atoms with E-state index in [2.05, 4.69) is 19.6 Å². The van der Waals surface area contributed by atoms with Gasteiger partial charge < -0.3 is 9.22 Å². The van der Waals surface area contributed by atoms with Gasteiger partial charge in [-0.1, -0.05) is 0 Å². The van der Waals surface area contributed by atoms with Crippen molar-refractivity contribution in [3.05, 3.63) is 0 Å². The molecule has 0 bridgehead atoms. The molecule has 0 N–H and O–H groups in total. The molecule has 0 radical (unpaired) electrons. The maximum absolute atomic E-state index is 9.93. The fourth-order valence-electron chi connectivity index (χ4n) is 0.708. The molecule has 2 nitrogen and oxygen atoms in total. The molecule has 0 aliphatic carbocycles. The van der Waals surface area contributed by atoms with Gasteiger partial charge in [0.05, 0.1) is 0 Å². The van der Waals surface area contributed by atoms with Crippen LogP contribution in [-0.2, 0) is 9.22 Å². The Labute approximate surface area is 70.1 Å². The third-order valence-electron chi connectivity index (χ3n) is 1.25. The average Bonchev–Trinajstić information content (AvgIpc) is 1.85. The number of carbonyl (C=O) groups excluding carboxylic acids is 1. The predicted octanol–water partition coefficient (Wildman–Crippen LogP) is 2.21. The second kappa shape index (κ2) is 5.49. The largest absolute Gasteiger partial charge is 0.418 e. The van der Waals surface area contributed by atoms with Gasteiger partial charge in [-0.25, -0.2) is 0 Å². The SMILES string of the molecule is C[Si](C)(C)OCCCCC=O. The van der Waals surface area contributed by atoms with Gasteiger partial charge in [0, 0.05) is 13.0 Å². The molecule has 3 heteroatoms. The van der Waals surface area contributed by atoms with E-state index in [0.717, 1.165) is 25.7 Å². The molecule has 0 aromatic carbocycles. The highest BCUT2D eigenvalue weighted by molar-refractivity contribution is 6.69. The van der Waals surface area contributed by atoms with Crippen molar-refractivity contribution in [3.8, 4) is 0 Å². The van der Waals surface area contributed by atoms with Crippen molar-refractivity contribution < 1.29 is 9.22 Å². The number of hydrogen-bond donors (Lipinski definition) is 0. The van der Waals surface area contributed by atoms with Crippen LogP contribution in [0.1, 0.15) is 19.3 Å². The highest BCUT2D eigenvalue weighted by Crippen LogP contribution is 2.04. The van der Waals surface area contributed by atoms with Gasteiger partial charge in [-0.05, 0) is 32.5 Å². The number of rotatable bonds is 6. The van der Waals surface area contributed by atoms with E-state index >= 15 is 0 Å². The van der Waals surface area contributed by atoms with Crippen LogP contribution in [0.15, 0.2) is 0 Å². The second-order valence-electron chi connectivity index (χ2n) is 3.62. The minimum atomic E-state index is -1.31. The lowest BCUT2D eigenvalue weighted by Crippen LogP contribution is -2.25. The van der Waals surface area contributed by atoms with Crippen molar-refractivity contribution in [1.82, 2.24) is 0 Å². The molecule has 0 heterocycles. The van der Waals surface area contributed by atoms with Crippen molar-refractivity contribution in [2.24, 2.45) is 0 Å². The summed E-state index contributed by atoms with van der Waals surface area (Å²) >= 11 is 0. The Morgan fingerprint density at radius 1 is 1.27 bits per heavy atom. The summed E-state index contributed by atoms with van der Waals surface area (Å²) in [5.41, 5.74) is 0. The van der Waals surface area contributed by atoms with Gasteiger partial charge in [-0.15, -0.1) is 0 Å². The van der Waals surface area contributed by atoms with E-state index in [1.165, 1.54) is 0 Å². The molecule has 0 atom stereocenters. The molecule has 0 unspecified atom stereocenters. The number of unbranched alkanes of at least 4 members (excludes halogenated alkanes) is 2. The van der Waals surface area contributed by atoms with E-state index in [1.807, 2.05) is 0 Å². The van der Waals surface area contributed by atoms with E-state index in [1.54, 1.807) is 0 Å². The monoisotopic (exact) mass is 174 g/mol. The van der Waals surface area contributed by atoms with Crippen molar-refractivity contribution in [3.63, 3.8) is 0 Å². The van der Waals surface area contributed by atoms with Crippen LogP contribution in [0, 0.1) is 0 Å². The number of carbonyl (C=O) groups is 1. The Morgan fingerprint density at radius 2 is 1.91 bits per heavy atom. The molecule has 0 aliphatic heterocycles. The number of aldehydes is 1. The molecule has 66 valence electrons. The summed E-state index contributed by atoms with van der Waals surface area (Å²) in [6.45, 7) is 7.34. The van der Waals surface area contributed by atoms with Gasteiger partial charge in [0.15, 0.2) is 8.32 Å². The lowest BCUT2D eigenvalue weighted by atomic mass is 10.3. The molecule has 0 aliphatic rings. The van der Waals surface area contributed by atoms with E-state index in [0.29, 0.717) is 6.42 Å². The first-order valence-electron chi connectivity index (χ1n) is 4.14. The quantitative estimate of drug-likeness (QED) is 0.350. The lowest BCUT2D eigenvalue weighted by Gasteiger charge is -2.16. The maximum Gasteiger partial charge on any atom is 0.183 e. The summed E-state index contributed by atoms with van der Waals surface area (Å²) in [5.74, 6) is 0. The Morgan fingerprint density at radius 3 is 2.36 bits per heavy atom. The standard InChI is InChI=1S/C8H18O2Si/c1-11(2,3)10-8-6-4-5-7-9/h7H,4-6,8H2,1-3H3. The van der Waals surface area contributed by atoms with Crippen LogP contribution in [0.2, 0.25) is 19.6 Å². The highest BCUT2D eigenvalue weighted by atomic mass is 28.4.